The van der Waals surface area contributed by atoms with E-state index in [1.165, 1.54) is 0 Å². The van der Waals surface area contributed by atoms with Gasteiger partial charge in [-0.1, -0.05) is 0 Å². The normalized spacial score (nSPS) is 18.1. The Morgan fingerprint density at radius 2 is 1.40 bits per heavy atom. The molecule has 0 bridgehead atoms. The molecular formula is C5H6F5LiO3S. The van der Waals surface area contributed by atoms with Crippen LogP contribution in [-0.4, -0.2) is 43.7 Å². The third-order valence-electron chi connectivity index (χ3n) is 1.25. The van der Waals surface area contributed by atoms with Crippen LogP contribution >= 0.6 is 0 Å². The fourth-order valence-corrected chi connectivity index (χ4v) is 1.20. The molecule has 0 saturated heterocycles. The van der Waals surface area contributed by atoms with Crippen LogP contribution in [0.15, 0.2) is 0 Å². The van der Waals surface area contributed by atoms with Gasteiger partial charge in [0.05, 0.1) is 15.9 Å². The van der Waals surface area contributed by atoms with Crippen molar-refractivity contribution < 1.29 is 53.8 Å². The summed E-state index contributed by atoms with van der Waals surface area (Å²) in [6.45, 7) is 0. The Bertz CT molecular complexity index is 272. The topological polar surface area (TPSA) is 57.2 Å². The van der Waals surface area contributed by atoms with Crippen LogP contribution in [-0.2, 0) is 10.1 Å². The molecule has 0 saturated carbocycles. The van der Waals surface area contributed by atoms with Gasteiger partial charge in [0.2, 0.25) is 0 Å². The summed E-state index contributed by atoms with van der Waals surface area (Å²) in [5, 5.41) is 0. The third kappa shape index (κ3) is 7.11. The molecule has 10 heteroatoms. The average Bonchev–Trinajstić information content (AvgIpc) is 1.98. The summed E-state index contributed by atoms with van der Waals surface area (Å²) in [5.41, 5.74) is 0. The van der Waals surface area contributed by atoms with Crippen molar-refractivity contribution in [1.82, 2.24) is 0 Å². The molecule has 3 unspecified atom stereocenters. The third-order valence-corrected chi connectivity index (χ3v) is 1.98. The van der Waals surface area contributed by atoms with Gasteiger partial charge >= 0.3 is 18.9 Å². The van der Waals surface area contributed by atoms with Crippen molar-refractivity contribution in [1.29, 1.82) is 0 Å². The molecule has 0 radical (unpaired) electrons. The minimum absolute atomic E-state index is 0. The van der Waals surface area contributed by atoms with Crippen molar-refractivity contribution in [3.05, 3.63) is 0 Å². The van der Waals surface area contributed by atoms with Gasteiger partial charge in [0.1, 0.15) is 6.17 Å². The molecule has 0 N–H and O–H groups in total. The number of hydrogen-bond donors (Lipinski definition) is 0. The molecule has 0 aliphatic rings. The van der Waals surface area contributed by atoms with E-state index in [0.717, 1.165) is 0 Å². The summed E-state index contributed by atoms with van der Waals surface area (Å²) in [7, 11) is -5.10. The van der Waals surface area contributed by atoms with Crippen LogP contribution in [0.4, 0.5) is 22.0 Å². The van der Waals surface area contributed by atoms with E-state index in [9.17, 15) is 34.9 Å². The summed E-state index contributed by atoms with van der Waals surface area (Å²) in [6, 6.07) is 0. The molecular weight excluding hydrogens is 242 g/mol. The summed E-state index contributed by atoms with van der Waals surface area (Å²) < 4.78 is 89.3. The number of halogens is 5. The molecule has 0 aliphatic carbocycles. The van der Waals surface area contributed by atoms with Gasteiger partial charge in [-0.25, -0.2) is 30.4 Å². The van der Waals surface area contributed by atoms with E-state index >= 15 is 0 Å². The van der Waals surface area contributed by atoms with Gasteiger partial charge in [0.25, 0.3) is 6.43 Å². The minimum Gasteiger partial charge on any atom is -0.748 e. The maximum atomic E-state index is 12.4. The average molecular weight is 248 g/mol. The predicted octanol–water partition coefficient (Wildman–Crippen LogP) is -2.18. The van der Waals surface area contributed by atoms with Gasteiger partial charge in [0.15, 0.2) is 12.3 Å². The first-order valence-corrected chi connectivity index (χ1v) is 4.87. The Morgan fingerprint density at radius 3 is 1.67 bits per heavy atom. The molecule has 0 heterocycles. The van der Waals surface area contributed by atoms with Gasteiger partial charge in [-0.15, -0.1) is 0 Å². The molecule has 15 heavy (non-hydrogen) atoms. The van der Waals surface area contributed by atoms with Crippen molar-refractivity contribution in [2.75, 3.05) is 5.75 Å². The first-order chi connectivity index (χ1) is 6.15. The van der Waals surface area contributed by atoms with Crippen LogP contribution in [0.3, 0.4) is 0 Å². The van der Waals surface area contributed by atoms with E-state index in [0.29, 0.717) is 0 Å². The van der Waals surface area contributed by atoms with Gasteiger partial charge in [-0.2, -0.15) is 0 Å². The molecule has 0 rings (SSSR count). The quantitative estimate of drug-likeness (QED) is 0.315. The van der Waals surface area contributed by atoms with Crippen LogP contribution in [0.2, 0.25) is 0 Å². The minimum atomic E-state index is -5.10. The van der Waals surface area contributed by atoms with E-state index < -0.39 is 40.8 Å². The van der Waals surface area contributed by atoms with Gasteiger partial charge in [-0.05, 0) is 0 Å². The molecule has 3 atom stereocenters. The number of hydrogen-bond acceptors (Lipinski definition) is 3. The van der Waals surface area contributed by atoms with Crippen molar-refractivity contribution in [2.45, 2.75) is 24.9 Å². The first-order valence-electron chi connectivity index (χ1n) is 3.29. The van der Waals surface area contributed by atoms with Crippen LogP contribution in [0.1, 0.15) is 0 Å². The molecule has 3 nitrogen and oxygen atoms in total. The summed E-state index contributed by atoms with van der Waals surface area (Å²) in [5.74, 6) is -1.86. The Balaban J connectivity index is 0. The van der Waals surface area contributed by atoms with E-state index in [2.05, 4.69) is 0 Å². The maximum absolute atomic E-state index is 12.4. The van der Waals surface area contributed by atoms with E-state index in [-0.39, 0.29) is 18.9 Å². The SMILES string of the molecule is O=S(=O)([O-])CC(F)C(F)C(F)C(F)F.[Li+]. The van der Waals surface area contributed by atoms with E-state index in [1.54, 1.807) is 0 Å². The van der Waals surface area contributed by atoms with Crippen LogP contribution in [0, 0.1) is 0 Å². The molecule has 0 spiro atoms. The predicted molar refractivity (Wildman–Crippen MR) is 35.3 cm³/mol. The molecule has 86 valence electrons. The largest absolute Gasteiger partial charge is 1.00 e. The fraction of sp³-hybridized carbons (Fsp3) is 1.00. The molecule has 0 fully saturated rings. The zero-order valence-electron chi connectivity index (χ0n) is 7.54. The Labute approximate surface area is 95.0 Å². The molecule has 0 amide bonds. The summed E-state index contributed by atoms with van der Waals surface area (Å²) in [6.07, 6.45) is -13.6. The van der Waals surface area contributed by atoms with Crippen LogP contribution < -0.4 is 18.9 Å². The smallest absolute Gasteiger partial charge is 0.748 e. The number of alkyl halides is 5. The van der Waals surface area contributed by atoms with Crippen molar-refractivity contribution in [3.63, 3.8) is 0 Å². The second kappa shape index (κ2) is 6.68. The molecule has 0 aromatic heterocycles. The Kier molecular flexibility index (Phi) is 7.81. The second-order valence-electron chi connectivity index (χ2n) is 2.46. The van der Waals surface area contributed by atoms with Crippen LogP contribution in [0.5, 0.6) is 0 Å². The zero-order valence-corrected chi connectivity index (χ0v) is 8.36. The fourth-order valence-electron chi connectivity index (χ4n) is 0.625. The summed E-state index contributed by atoms with van der Waals surface area (Å²) >= 11 is 0. The number of rotatable bonds is 5. The Morgan fingerprint density at radius 1 is 1.00 bits per heavy atom. The van der Waals surface area contributed by atoms with E-state index in [4.69, 9.17) is 0 Å². The van der Waals surface area contributed by atoms with Crippen molar-refractivity contribution in [2.24, 2.45) is 0 Å². The summed E-state index contributed by atoms with van der Waals surface area (Å²) in [4.78, 5) is 0. The Hall–Kier alpha value is 0.157. The van der Waals surface area contributed by atoms with Gasteiger partial charge < -0.3 is 4.55 Å². The van der Waals surface area contributed by atoms with Crippen molar-refractivity contribution >= 4 is 10.1 Å². The van der Waals surface area contributed by atoms with Crippen LogP contribution in [0.25, 0.3) is 0 Å². The maximum Gasteiger partial charge on any atom is 1.00 e. The molecule has 0 aromatic carbocycles. The van der Waals surface area contributed by atoms with Gasteiger partial charge in [0, 0.05) is 0 Å². The molecule has 0 aliphatic heterocycles. The monoisotopic (exact) mass is 248 g/mol. The van der Waals surface area contributed by atoms with Gasteiger partial charge in [-0.3, -0.25) is 0 Å². The second-order valence-corrected chi connectivity index (χ2v) is 3.91. The standard InChI is InChI=1S/C5H7F5O3S.Li/c6-2(1-14(11,12)13)3(7)4(8)5(9)10;/h2-5H,1H2,(H,11,12,13);/q;+1/p-1. The zero-order chi connectivity index (χ0) is 11.5. The van der Waals surface area contributed by atoms with E-state index in [1.807, 2.05) is 0 Å². The van der Waals surface area contributed by atoms with Crippen molar-refractivity contribution in [3.8, 4) is 0 Å². The first kappa shape index (κ1) is 17.5. The molecule has 0 aromatic rings.